The average Bonchev–Trinajstić information content (AvgIpc) is 3.05. The van der Waals surface area contributed by atoms with Crippen molar-refractivity contribution in [1.29, 1.82) is 5.26 Å². The maximum Gasteiger partial charge on any atom is 0.231 e. The molecule has 23 heavy (non-hydrogen) atoms. The number of carbonyl (C=O) groups is 1. The fourth-order valence-corrected chi connectivity index (χ4v) is 2.49. The maximum atomic E-state index is 11.9. The molecule has 1 saturated heterocycles. The molecule has 1 fully saturated rings. The Morgan fingerprint density at radius 3 is 2.91 bits per heavy atom. The van der Waals surface area contributed by atoms with Crippen LogP contribution in [0.3, 0.4) is 0 Å². The molecule has 1 unspecified atom stereocenters. The summed E-state index contributed by atoms with van der Waals surface area (Å²) in [4.78, 5) is 18.1. The Hall–Kier alpha value is -3.01. The smallest absolute Gasteiger partial charge is 0.231 e. The minimum absolute atomic E-state index is 0.0505. The Morgan fingerprint density at radius 2 is 2.26 bits per heavy atom. The molecule has 2 aromatic heterocycles. The second kappa shape index (κ2) is 6.83. The van der Waals surface area contributed by atoms with Gasteiger partial charge in [0, 0.05) is 25.0 Å². The fraction of sp³-hybridized carbons (Fsp3) is 0.312. The van der Waals surface area contributed by atoms with Gasteiger partial charge in [-0.1, -0.05) is 6.07 Å². The molecule has 3 rings (SSSR count). The van der Waals surface area contributed by atoms with Gasteiger partial charge in [-0.15, -0.1) is 10.2 Å². The SMILES string of the molecule is N#CC1CCN(c2ccc(NC(=O)Cc3ccccn3)nn2)C1. The number of nitrogens with one attached hydrogen (secondary N) is 1. The lowest BCUT2D eigenvalue weighted by Crippen LogP contribution is -2.21. The molecule has 0 aromatic carbocycles. The predicted molar refractivity (Wildman–Crippen MR) is 84.5 cm³/mol. The molecule has 3 heterocycles. The number of hydrogen-bond acceptors (Lipinski definition) is 6. The Kier molecular flexibility index (Phi) is 4.43. The number of carbonyl (C=O) groups excluding carboxylic acids is 1. The van der Waals surface area contributed by atoms with Crippen LogP contribution >= 0.6 is 0 Å². The largest absolute Gasteiger partial charge is 0.354 e. The minimum atomic E-state index is -0.184. The summed E-state index contributed by atoms with van der Waals surface area (Å²) >= 11 is 0. The van der Waals surface area contributed by atoms with E-state index in [2.05, 4.69) is 26.6 Å². The predicted octanol–water partition coefficient (Wildman–Crippen LogP) is 1.40. The number of amides is 1. The van der Waals surface area contributed by atoms with Gasteiger partial charge >= 0.3 is 0 Å². The van der Waals surface area contributed by atoms with E-state index in [4.69, 9.17) is 5.26 Å². The van der Waals surface area contributed by atoms with Crippen molar-refractivity contribution in [3.63, 3.8) is 0 Å². The van der Waals surface area contributed by atoms with E-state index in [0.717, 1.165) is 18.8 Å². The quantitative estimate of drug-likeness (QED) is 0.917. The van der Waals surface area contributed by atoms with E-state index in [-0.39, 0.29) is 18.2 Å². The van der Waals surface area contributed by atoms with Gasteiger partial charge in [0.2, 0.25) is 5.91 Å². The van der Waals surface area contributed by atoms with E-state index in [0.29, 0.717) is 18.1 Å². The topological polar surface area (TPSA) is 94.8 Å². The van der Waals surface area contributed by atoms with E-state index in [1.54, 1.807) is 24.4 Å². The number of anilines is 2. The van der Waals surface area contributed by atoms with Crippen LogP contribution in [0.5, 0.6) is 0 Å². The van der Waals surface area contributed by atoms with Crippen molar-refractivity contribution in [2.75, 3.05) is 23.3 Å². The Balaban J connectivity index is 1.57. The van der Waals surface area contributed by atoms with Gasteiger partial charge < -0.3 is 10.2 Å². The molecule has 1 aliphatic rings. The standard InChI is InChI=1S/C16H16N6O/c17-10-12-6-8-22(11-12)15-5-4-14(20-21-15)19-16(23)9-13-3-1-2-7-18-13/h1-5,7,12H,6,8-9,11H2,(H,19,20,23). The summed E-state index contributed by atoms with van der Waals surface area (Å²) in [6.07, 6.45) is 2.70. The zero-order valence-electron chi connectivity index (χ0n) is 12.5. The van der Waals surface area contributed by atoms with Crippen molar-refractivity contribution in [3.05, 3.63) is 42.2 Å². The molecule has 7 nitrogen and oxygen atoms in total. The molecule has 0 radical (unpaired) electrons. The third kappa shape index (κ3) is 3.80. The maximum absolute atomic E-state index is 11.9. The third-order valence-electron chi connectivity index (χ3n) is 3.68. The first-order valence-electron chi connectivity index (χ1n) is 7.42. The lowest BCUT2D eigenvalue weighted by Gasteiger charge is -2.15. The van der Waals surface area contributed by atoms with Gasteiger partial charge in [0.05, 0.1) is 18.4 Å². The molecule has 116 valence electrons. The van der Waals surface area contributed by atoms with E-state index >= 15 is 0 Å². The van der Waals surface area contributed by atoms with Crippen LogP contribution in [0.2, 0.25) is 0 Å². The monoisotopic (exact) mass is 308 g/mol. The van der Waals surface area contributed by atoms with Gasteiger partial charge in [0.1, 0.15) is 0 Å². The van der Waals surface area contributed by atoms with Crippen LogP contribution in [0, 0.1) is 17.2 Å². The highest BCUT2D eigenvalue weighted by Gasteiger charge is 2.23. The van der Waals surface area contributed by atoms with Gasteiger partial charge in [-0.05, 0) is 30.7 Å². The van der Waals surface area contributed by atoms with Gasteiger partial charge in [-0.2, -0.15) is 5.26 Å². The lowest BCUT2D eigenvalue weighted by atomic mass is 10.1. The van der Waals surface area contributed by atoms with Crippen LogP contribution in [0.25, 0.3) is 0 Å². The highest BCUT2D eigenvalue weighted by Crippen LogP contribution is 2.21. The van der Waals surface area contributed by atoms with Crippen LogP contribution in [0.1, 0.15) is 12.1 Å². The molecule has 1 aliphatic heterocycles. The normalized spacial score (nSPS) is 16.8. The van der Waals surface area contributed by atoms with Crippen LogP contribution in [0.15, 0.2) is 36.5 Å². The molecule has 2 aromatic rings. The molecular formula is C16H16N6O. The van der Waals surface area contributed by atoms with Crippen molar-refractivity contribution < 1.29 is 4.79 Å². The summed E-state index contributed by atoms with van der Waals surface area (Å²) in [5, 5.41) is 19.8. The molecule has 1 amide bonds. The van der Waals surface area contributed by atoms with Gasteiger partial charge in [-0.3, -0.25) is 9.78 Å². The first-order chi connectivity index (χ1) is 11.2. The van der Waals surface area contributed by atoms with Crippen LogP contribution in [-0.2, 0) is 11.2 Å². The number of rotatable bonds is 4. The highest BCUT2D eigenvalue weighted by molar-refractivity contribution is 5.91. The summed E-state index contributed by atoms with van der Waals surface area (Å²) in [5.41, 5.74) is 0.703. The molecule has 7 heteroatoms. The van der Waals surface area contributed by atoms with E-state index < -0.39 is 0 Å². The molecule has 0 spiro atoms. The number of hydrogen-bond donors (Lipinski definition) is 1. The number of aromatic nitrogens is 3. The van der Waals surface area contributed by atoms with E-state index in [1.807, 2.05) is 17.0 Å². The Labute approximate surface area is 134 Å². The summed E-state index contributed by atoms with van der Waals surface area (Å²) in [7, 11) is 0. The second-order valence-corrected chi connectivity index (χ2v) is 5.38. The summed E-state index contributed by atoms with van der Waals surface area (Å²) in [6, 6.07) is 11.2. The molecule has 0 aliphatic carbocycles. The van der Waals surface area contributed by atoms with Crippen molar-refractivity contribution in [2.24, 2.45) is 5.92 Å². The second-order valence-electron chi connectivity index (χ2n) is 5.38. The molecule has 1 N–H and O–H groups in total. The molecule has 0 saturated carbocycles. The van der Waals surface area contributed by atoms with Crippen molar-refractivity contribution in [2.45, 2.75) is 12.8 Å². The molecular weight excluding hydrogens is 292 g/mol. The van der Waals surface area contributed by atoms with Gasteiger partial charge in [0.25, 0.3) is 0 Å². The number of nitrogens with zero attached hydrogens (tertiary/aromatic N) is 5. The summed E-state index contributed by atoms with van der Waals surface area (Å²) in [6.45, 7) is 1.48. The molecule has 1 atom stereocenters. The third-order valence-corrected chi connectivity index (χ3v) is 3.68. The van der Waals surface area contributed by atoms with Gasteiger partial charge in [-0.25, -0.2) is 0 Å². The number of nitriles is 1. The number of pyridine rings is 1. The van der Waals surface area contributed by atoms with Gasteiger partial charge in [0.15, 0.2) is 11.6 Å². The van der Waals surface area contributed by atoms with E-state index in [9.17, 15) is 4.79 Å². The van der Waals surface area contributed by atoms with Crippen molar-refractivity contribution in [1.82, 2.24) is 15.2 Å². The average molecular weight is 308 g/mol. The zero-order valence-corrected chi connectivity index (χ0v) is 12.5. The highest BCUT2D eigenvalue weighted by atomic mass is 16.1. The summed E-state index contributed by atoms with van der Waals surface area (Å²) in [5.74, 6) is 1.00. The first-order valence-corrected chi connectivity index (χ1v) is 7.42. The molecule has 0 bridgehead atoms. The Bertz CT molecular complexity index is 710. The summed E-state index contributed by atoms with van der Waals surface area (Å²) < 4.78 is 0. The minimum Gasteiger partial charge on any atom is -0.354 e. The van der Waals surface area contributed by atoms with Crippen molar-refractivity contribution in [3.8, 4) is 6.07 Å². The van der Waals surface area contributed by atoms with Crippen LogP contribution in [0.4, 0.5) is 11.6 Å². The fourth-order valence-electron chi connectivity index (χ4n) is 2.49. The van der Waals surface area contributed by atoms with Crippen LogP contribution < -0.4 is 10.2 Å². The Morgan fingerprint density at radius 1 is 1.35 bits per heavy atom. The first kappa shape index (κ1) is 14.9. The van der Waals surface area contributed by atoms with Crippen molar-refractivity contribution >= 4 is 17.5 Å². The van der Waals surface area contributed by atoms with E-state index in [1.165, 1.54) is 0 Å². The lowest BCUT2D eigenvalue weighted by molar-refractivity contribution is -0.115. The zero-order chi connectivity index (χ0) is 16.1. The van der Waals surface area contributed by atoms with Crippen LogP contribution in [-0.4, -0.2) is 34.2 Å².